The van der Waals surface area contributed by atoms with Gasteiger partial charge in [-0.25, -0.2) is 0 Å². The Hall–Kier alpha value is -4.04. The molecule has 4 rings (SSSR count). The van der Waals surface area contributed by atoms with Gasteiger partial charge < -0.3 is 33.7 Å². The fourth-order valence-electron chi connectivity index (χ4n) is 7.74. The first-order valence-electron chi connectivity index (χ1n) is 20.9. The van der Waals surface area contributed by atoms with Crippen molar-refractivity contribution in [1.29, 1.82) is 0 Å². The molecule has 0 amide bonds. The van der Waals surface area contributed by atoms with Crippen molar-refractivity contribution in [2.45, 2.75) is 80.4 Å². The van der Waals surface area contributed by atoms with E-state index in [9.17, 15) is 30.7 Å². The van der Waals surface area contributed by atoms with Gasteiger partial charge in [0.25, 0.3) is 20.2 Å². The second kappa shape index (κ2) is 23.6. The SMILES string of the molecule is CCN1/C(=C/C=C/C=C/C=C/C2=[N+](CCCCCC(=O)O)c3ccc(S(=O)(=O)O)cc3C2(C)CCOCCOCCOCCOCCOC)C(C)(C)c2cc(S(=O)(=O)O)ccc21. The van der Waals surface area contributed by atoms with Crippen molar-refractivity contribution < 1.29 is 64.1 Å². The Kier molecular flexibility index (Phi) is 19.3. The second-order valence-corrected chi connectivity index (χ2v) is 18.5. The molecule has 3 N–H and O–H groups in total. The van der Waals surface area contributed by atoms with Gasteiger partial charge in [-0.05, 0) is 75.1 Å². The van der Waals surface area contributed by atoms with Gasteiger partial charge in [0.2, 0.25) is 5.69 Å². The van der Waals surface area contributed by atoms with E-state index in [2.05, 4.69) is 9.48 Å². The van der Waals surface area contributed by atoms with E-state index in [1.54, 1.807) is 19.2 Å². The lowest BCUT2D eigenvalue weighted by molar-refractivity contribution is -0.438. The first-order valence-corrected chi connectivity index (χ1v) is 23.7. The van der Waals surface area contributed by atoms with Gasteiger partial charge in [0.1, 0.15) is 6.54 Å². The van der Waals surface area contributed by atoms with E-state index in [1.807, 2.05) is 70.2 Å². The van der Waals surface area contributed by atoms with Gasteiger partial charge in [0, 0.05) is 67.6 Å². The maximum absolute atomic E-state index is 12.3. The van der Waals surface area contributed by atoms with Crippen LogP contribution in [0.15, 0.2) is 94.4 Å². The molecule has 1 atom stereocenters. The van der Waals surface area contributed by atoms with Gasteiger partial charge in [0.15, 0.2) is 5.71 Å². The molecule has 0 bridgehead atoms. The zero-order valence-corrected chi connectivity index (χ0v) is 38.1. The van der Waals surface area contributed by atoms with Crippen LogP contribution in [0, 0.1) is 0 Å². The van der Waals surface area contributed by atoms with Crippen molar-refractivity contribution in [1.82, 2.24) is 0 Å². The van der Waals surface area contributed by atoms with Gasteiger partial charge in [0.05, 0.1) is 68.1 Å². The van der Waals surface area contributed by atoms with Gasteiger partial charge in [-0.1, -0.05) is 44.2 Å². The smallest absolute Gasteiger partial charge is 0.303 e. The molecule has 17 heteroatoms. The Morgan fingerprint density at radius 3 is 1.85 bits per heavy atom. The molecule has 0 fully saturated rings. The van der Waals surface area contributed by atoms with Gasteiger partial charge in [-0.2, -0.15) is 21.4 Å². The number of hydrogen-bond donors (Lipinski definition) is 3. The summed E-state index contributed by atoms with van der Waals surface area (Å²) in [5.41, 5.74) is 3.81. The molecule has 2 aromatic rings. The van der Waals surface area contributed by atoms with E-state index in [0.29, 0.717) is 98.2 Å². The van der Waals surface area contributed by atoms with E-state index in [0.717, 1.165) is 33.9 Å². The predicted molar refractivity (Wildman–Crippen MR) is 237 cm³/mol. The summed E-state index contributed by atoms with van der Waals surface area (Å²) in [4.78, 5) is 12.9. The third-order valence-electron chi connectivity index (χ3n) is 11.0. The molecular formula is C45H63N2O13S2+. The third kappa shape index (κ3) is 13.7. The third-order valence-corrected chi connectivity index (χ3v) is 12.7. The maximum Gasteiger partial charge on any atom is 0.303 e. The molecule has 2 heterocycles. The van der Waals surface area contributed by atoms with Crippen molar-refractivity contribution in [2.75, 3.05) is 84.6 Å². The number of ether oxygens (including phenoxy) is 5. The highest BCUT2D eigenvalue weighted by atomic mass is 32.2. The number of likely N-dealkylation sites (N-methyl/N-ethyl adjacent to an activating group) is 1. The van der Waals surface area contributed by atoms with Crippen LogP contribution in [0.4, 0.5) is 11.4 Å². The summed E-state index contributed by atoms with van der Waals surface area (Å²) < 4.78 is 97.7. The molecule has 0 aliphatic carbocycles. The van der Waals surface area contributed by atoms with E-state index >= 15 is 0 Å². The number of methoxy groups -OCH3 is 1. The van der Waals surface area contributed by atoms with Crippen LogP contribution in [0.25, 0.3) is 0 Å². The van der Waals surface area contributed by atoms with Crippen LogP contribution in [0.1, 0.15) is 70.9 Å². The van der Waals surface area contributed by atoms with Gasteiger partial charge in [-0.15, -0.1) is 0 Å². The first kappa shape index (κ1) is 50.6. The molecule has 2 aliphatic heterocycles. The number of hydrogen-bond acceptors (Lipinski definition) is 11. The highest BCUT2D eigenvalue weighted by Crippen LogP contribution is 2.48. The summed E-state index contributed by atoms with van der Waals surface area (Å²) in [5, 5.41) is 9.16. The Morgan fingerprint density at radius 1 is 0.726 bits per heavy atom. The van der Waals surface area contributed by atoms with E-state index in [1.165, 1.54) is 24.3 Å². The number of aliphatic carboxylic acids is 1. The van der Waals surface area contributed by atoms with Crippen LogP contribution in [0.2, 0.25) is 0 Å². The molecule has 0 aromatic heterocycles. The zero-order chi connectivity index (χ0) is 45.4. The second-order valence-electron chi connectivity index (χ2n) is 15.6. The minimum absolute atomic E-state index is 0.0751. The predicted octanol–water partition coefficient (Wildman–Crippen LogP) is 6.65. The molecule has 62 heavy (non-hydrogen) atoms. The summed E-state index contributed by atoms with van der Waals surface area (Å²) in [6.45, 7) is 13.1. The lowest BCUT2D eigenvalue weighted by Crippen LogP contribution is -2.33. The summed E-state index contributed by atoms with van der Waals surface area (Å²) in [7, 11) is -7.24. The fourth-order valence-corrected chi connectivity index (χ4v) is 8.75. The summed E-state index contributed by atoms with van der Waals surface area (Å²) in [6.07, 6.45) is 15.9. The number of allylic oxidation sites excluding steroid dienone is 8. The van der Waals surface area contributed by atoms with Crippen LogP contribution in [0.3, 0.4) is 0 Å². The number of rotatable bonds is 28. The Balaban J connectivity index is 1.51. The van der Waals surface area contributed by atoms with Crippen LogP contribution in [-0.4, -0.2) is 127 Å². The normalized spacial score (nSPS) is 18.3. The minimum Gasteiger partial charge on any atom is -0.481 e. The average molecular weight is 904 g/mol. The minimum atomic E-state index is -4.50. The molecule has 15 nitrogen and oxygen atoms in total. The van der Waals surface area contributed by atoms with Crippen LogP contribution in [-0.2, 0) is 59.5 Å². The molecule has 0 saturated heterocycles. The number of nitrogens with zero attached hydrogens (tertiary/aromatic N) is 2. The summed E-state index contributed by atoms with van der Waals surface area (Å²) in [6, 6.07) is 9.27. The monoisotopic (exact) mass is 903 g/mol. The molecule has 2 aromatic carbocycles. The number of carboxylic acids is 1. The zero-order valence-electron chi connectivity index (χ0n) is 36.5. The molecule has 0 radical (unpaired) electrons. The number of fused-ring (bicyclic) bond motifs is 2. The highest BCUT2D eigenvalue weighted by Gasteiger charge is 2.48. The lowest BCUT2D eigenvalue weighted by Gasteiger charge is -2.25. The number of carbonyl (C=O) groups is 1. The molecule has 2 aliphatic rings. The number of unbranched alkanes of at least 4 members (excludes halogenated alkanes) is 2. The topological polar surface area (TPSA) is 198 Å². The summed E-state index contributed by atoms with van der Waals surface area (Å²) >= 11 is 0. The van der Waals surface area contributed by atoms with Crippen LogP contribution < -0.4 is 4.90 Å². The quantitative estimate of drug-likeness (QED) is 0.0355. The van der Waals surface area contributed by atoms with Crippen molar-refractivity contribution >= 4 is 43.3 Å². The number of benzene rings is 2. The van der Waals surface area contributed by atoms with E-state index in [-0.39, 0.29) is 16.2 Å². The standard InChI is InChI=1S/C45H62N2O13S2/c1-6-46-39-20-18-35(61(50,51)52)33-37(39)44(2,3)41(46)15-11-8-7-9-12-16-42-45(4,22-24-57-27-28-59-31-32-60-30-29-58-26-25-56-5)38-34-36(62(53,54)55)19-21-40(38)47(42)23-14-10-13-17-43(48)49/h7-9,11-12,15-16,18-21,33-34H,6,10,13-14,17,22-32H2,1-5H3,(H2-,48,49,50,51,52,53,54,55)/p+1. The maximum atomic E-state index is 12.3. The number of carboxylic acid groups (broad SMARTS) is 1. The van der Waals surface area contributed by atoms with Crippen molar-refractivity contribution in [3.63, 3.8) is 0 Å². The molecule has 1 unspecified atom stereocenters. The Bertz CT molecular complexity index is 2210. The van der Waals surface area contributed by atoms with Gasteiger partial charge >= 0.3 is 5.97 Å². The van der Waals surface area contributed by atoms with Crippen LogP contribution in [0.5, 0.6) is 0 Å². The molecular weight excluding hydrogens is 841 g/mol. The van der Waals surface area contributed by atoms with E-state index < -0.39 is 37.0 Å². The number of anilines is 1. The van der Waals surface area contributed by atoms with Gasteiger partial charge in [-0.3, -0.25) is 13.9 Å². The van der Waals surface area contributed by atoms with Crippen molar-refractivity contribution in [3.8, 4) is 0 Å². The van der Waals surface area contributed by atoms with E-state index in [4.69, 9.17) is 28.8 Å². The summed E-state index contributed by atoms with van der Waals surface area (Å²) in [5.74, 6) is -0.846. The largest absolute Gasteiger partial charge is 0.481 e. The fraction of sp³-hybridized carbons (Fsp3) is 0.511. The molecule has 342 valence electrons. The van der Waals surface area contributed by atoms with Crippen molar-refractivity contribution in [3.05, 3.63) is 95.8 Å². The highest BCUT2D eigenvalue weighted by molar-refractivity contribution is 7.86. The Morgan fingerprint density at radius 2 is 1.27 bits per heavy atom. The molecule has 0 spiro atoms. The van der Waals surface area contributed by atoms with Crippen LogP contribution >= 0.6 is 0 Å². The lowest BCUT2D eigenvalue weighted by atomic mass is 9.76. The Labute approximate surface area is 366 Å². The average Bonchev–Trinajstić information content (AvgIpc) is 3.58. The first-order chi connectivity index (χ1) is 29.5. The van der Waals surface area contributed by atoms with Crippen molar-refractivity contribution in [2.24, 2.45) is 0 Å². The molecule has 0 saturated carbocycles.